The van der Waals surface area contributed by atoms with Gasteiger partial charge < -0.3 is 0 Å². The monoisotopic (exact) mass is 133 g/mol. The maximum absolute atomic E-state index is 4.42. The van der Waals surface area contributed by atoms with E-state index in [1.165, 1.54) is 22.6 Å². The van der Waals surface area contributed by atoms with Crippen LogP contribution in [0.1, 0.15) is 26.7 Å². The van der Waals surface area contributed by atoms with Crippen molar-refractivity contribution >= 4 is 5.71 Å². The predicted molar refractivity (Wildman–Crippen MR) is 43.1 cm³/mol. The number of hydrogen-bond donors (Lipinski definition) is 0. The molecule has 1 aliphatic carbocycles. The van der Waals surface area contributed by atoms with Crippen molar-refractivity contribution in [3.63, 3.8) is 0 Å². The van der Waals surface area contributed by atoms with Gasteiger partial charge in [0.15, 0.2) is 0 Å². The molecule has 52 valence electrons. The molecule has 0 aromatic rings. The van der Waals surface area contributed by atoms with Gasteiger partial charge >= 0.3 is 0 Å². The van der Waals surface area contributed by atoms with E-state index in [0.29, 0.717) is 0 Å². The topological polar surface area (TPSA) is 12.4 Å². The van der Waals surface area contributed by atoms with Crippen LogP contribution in [0.3, 0.4) is 0 Å². The Kier molecular flexibility index (Phi) is 1.07. The summed E-state index contributed by atoms with van der Waals surface area (Å²) in [6.45, 7) is 4.27. The first-order valence-electron chi connectivity index (χ1n) is 3.69. The van der Waals surface area contributed by atoms with Gasteiger partial charge in [-0.3, -0.25) is 4.99 Å². The summed E-state index contributed by atoms with van der Waals surface area (Å²) in [6, 6.07) is 0. The Hall–Kier alpha value is -0.850. The van der Waals surface area contributed by atoms with Gasteiger partial charge in [-0.1, -0.05) is 5.57 Å². The lowest BCUT2D eigenvalue weighted by molar-refractivity contribution is 1.11. The van der Waals surface area contributed by atoms with E-state index in [9.17, 15) is 0 Å². The molecule has 0 saturated carbocycles. The lowest BCUT2D eigenvalue weighted by Crippen LogP contribution is -1.87. The Bertz CT molecular complexity index is 240. The molecule has 0 bridgehead atoms. The third kappa shape index (κ3) is 0.737. The van der Waals surface area contributed by atoms with Crippen molar-refractivity contribution in [1.29, 1.82) is 0 Å². The van der Waals surface area contributed by atoms with Crippen LogP contribution in [0.2, 0.25) is 0 Å². The largest absolute Gasteiger partial charge is 0.258 e. The quantitative estimate of drug-likeness (QED) is 0.481. The van der Waals surface area contributed by atoms with Gasteiger partial charge in [0.1, 0.15) is 0 Å². The van der Waals surface area contributed by atoms with Crippen molar-refractivity contribution < 1.29 is 0 Å². The zero-order valence-electron chi connectivity index (χ0n) is 6.44. The summed E-state index contributed by atoms with van der Waals surface area (Å²) < 4.78 is 0. The van der Waals surface area contributed by atoms with Crippen LogP contribution in [0.25, 0.3) is 0 Å². The van der Waals surface area contributed by atoms with Crippen molar-refractivity contribution in [3.05, 3.63) is 22.9 Å². The molecule has 0 unspecified atom stereocenters. The molecule has 0 fully saturated rings. The van der Waals surface area contributed by atoms with Crippen molar-refractivity contribution in [2.75, 3.05) is 0 Å². The van der Waals surface area contributed by atoms with Gasteiger partial charge in [0.05, 0.1) is 5.70 Å². The third-order valence-electron chi connectivity index (χ3n) is 2.02. The first-order valence-corrected chi connectivity index (χ1v) is 3.69. The van der Waals surface area contributed by atoms with Crippen LogP contribution in [0, 0.1) is 0 Å². The molecule has 0 amide bonds. The average Bonchev–Trinajstić information content (AvgIpc) is 2.21. The Morgan fingerprint density at radius 2 is 2.10 bits per heavy atom. The van der Waals surface area contributed by atoms with Crippen molar-refractivity contribution in [3.8, 4) is 0 Å². The van der Waals surface area contributed by atoms with E-state index in [0.717, 1.165) is 12.8 Å². The van der Waals surface area contributed by atoms with Crippen molar-refractivity contribution in [1.82, 2.24) is 0 Å². The number of allylic oxidation sites excluding steroid dienone is 3. The van der Waals surface area contributed by atoms with Gasteiger partial charge in [-0.05, 0) is 31.9 Å². The molecule has 0 atom stereocenters. The van der Waals surface area contributed by atoms with Gasteiger partial charge in [0.2, 0.25) is 0 Å². The molecule has 2 rings (SSSR count). The van der Waals surface area contributed by atoms with E-state index in [2.05, 4.69) is 24.9 Å². The molecule has 1 heterocycles. The fourth-order valence-corrected chi connectivity index (χ4v) is 1.63. The molecule has 0 aromatic heterocycles. The molecular weight excluding hydrogens is 122 g/mol. The zero-order chi connectivity index (χ0) is 7.14. The second-order valence-electron chi connectivity index (χ2n) is 3.18. The summed E-state index contributed by atoms with van der Waals surface area (Å²) in [4.78, 5) is 4.42. The van der Waals surface area contributed by atoms with Crippen molar-refractivity contribution in [2.24, 2.45) is 4.99 Å². The smallest absolute Gasteiger partial charge is 0.0627 e. The fraction of sp³-hybridized carbons (Fsp3) is 0.444. The summed E-state index contributed by atoms with van der Waals surface area (Å²) in [5.74, 6) is 0. The summed E-state index contributed by atoms with van der Waals surface area (Å²) in [7, 11) is 0. The van der Waals surface area contributed by atoms with Crippen LogP contribution in [0.4, 0.5) is 0 Å². The predicted octanol–water partition coefficient (Wildman–Crippen LogP) is 2.46. The molecule has 10 heavy (non-hydrogen) atoms. The number of hydrogen-bond acceptors (Lipinski definition) is 1. The highest BCUT2D eigenvalue weighted by molar-refractivity contribution is 5.89. The van der Waals surface area contributed by atoms with E-state index in [1.807, 2.05) is 0 Å². The lowest BCUT2D eigenvalue weighted by atomic mass is 10.1. The molecule has 0 radical (unpaired) electrons. The lowest BCUT2D eigenvalue weighted by Gasteiger charge is -1.94. The molecule has 1 heteroatoms. The highest BCUT2D eigenvalue weighted by Crippen LogP contribution is 2.32. The van der Waals surface area contributed by atoms with Gasteiger partial charge in [0, 0.05) is 12.1 Å². The maximum Gasteiger partial charge on any atom is 0.0627 e. The van der Waals surface area contributed by atoms with Crippen LogP contribution in [0.5, 0.6) is 0 Å². The highest BCUT2D eigenvalue weighted by atomic mass is 14.8. The second kappa shape index (κ2) is 1.82. The Labute approximate surface area is 61.2 Å². The first-order chi connectivity index (χ1) is 4.75. The van der Waals surface area contributed by atoms with E-state index in [4.69, 9.17) is 0 Å². The molecule has 0 spiro atoms. The Balaban J connectivity index is 2.33. The first kappa shape index (κ1) is 5.90. The third-order valence-corrected chi connectivity index (χ3v) is 2.02. The minimum Gasteiger partial charge on any atom is -0.258 e. The zero-order valence-corrected chi connectivity index (χ0v) is 6.44. The standard InChI is InChI=1S/C9H11N/c1-6-3-8-5-7(2)10-9(8)4-6/h4H,3,5H2,1-2H3. The second-order valence-corrected chi connectivity index (χ2v) is 3.18. The van der Waals surface area contributed by atoms with Crippen LogP contribution in [-0.4, -0.2) is 5.71 Å². The van der Waals surface area contributed by atoms with Crippen LogP contribution >= 0.6 is 0 Å². The van der Waals surface area contributed by atoms with Crippen LogP contribution < -0.4 is 0 Å². The molecule has 2 aliphatic rings. The molecule has 0 saturated heterocycles. The van der Waals surface area contributed by atoms with E-state index in [-0.39, 0.29) is 0 Å². The van der Waals surface area contributed by atoms with Crippen molar-refractivity contribution in [2.45, 2.75) is 26.7 Å². The molecule has 1 aliphatic heterocycles. The minimum absolute atomic E-state index is 1.11. The molecule has 0 N–H and O–H groups in total. The number of aliphatic imine (C=N–C) groups is 1. The van der Waals surface area contributed by atoms with Gasteiger partial charge in [-0.15, -0.1) is 0 Å². The van der Waals surface area contributed by atoms with E-state index < -0.39 is 0 Å². The Morgan fingerprint density at radius 1 is 1.30 bits per heavy atom. The molecule has 0 aromatic carbocycles. The average molecular weight is 133 g/mol. The maximum atomic E-state index is 4.42. The molecular formula is C9H11N. The highest BCUT2D eigenvalue weighted by Gasteiger charge is 2.18. The van der Waals surface area contributed by atoms with E-state index >= 15 is 0 Å². The summed E-state index contributed by atoms with van der Waals surface area (Å²) in [5, 5.41) is 0. The van der Waals surface area contributed by atoms with Crippen LogP contribution in [0.15, 0.2) is 27.9 Å². The van der Waals surface area contributed by atoms with Gasteiger partial charge in [-0.25, -0.2) is 0 Å². The van der Waals surface area contributed by atoms with E-state index in [1.54, 1.807) is 0 Å². The fourth-order valence-electron chi connectivity index (χ4n) is 1.63. The number of rotatable bonds is 0. The van der Waals surface area contributed by atoms with Gasteiger partial charge in [0.25, 0.3) is 0 Å². The summed E-state index contributed by atoms with van der Waals surface area (Å²) in [6.07, 6.45) is 4.48. The number of nitrogens with zero attached hydrogens (tertiary/aromatic N) is 1. The summed E-state index contributed by atoms with van der Waals surface area (Å²) >= 11 is 0. The Morgan fingerprint density at radius 3 is 2.80 bits per heavy atom. The molecule has 1 nitrogen and oxygen atoms in total. The van der Waals surface area contributed by atoms with Gasteiger partial charge in [-0.2, -0.15) is 0 Å². The summed E-state index contributed by atoms with van der Waals surface area (Å²) in [5.41, 5.74) is 5.50. The SMILES string of the molecule is CC1=CC2=C(C1)CC(C)=N2. The van der Waals surface area contributed by atoms with Crippen LogP contribution in [-0.2, 0) is 0 Å². The minimum atomic E-state index is 1.11. The normalized spacial score (nSPS) is 23.0.